The van der Waals surface area contributed by atoms with Gasteiger partial charge in [0.05, 0.1) is 22.2 Å². The van der Waals surface area contributed by atoms with Gasteiger partial charge in [0.25, 0.3) is 5.69 Å². The number of hydrogen-bond acceptors (Lipinski definition) is 6. The maximum absolute atomic E-state index is 12.8. The fourth-order valence-corrected chi connectivity index (χ4v) is 2.96. The molecule has 0 aliphatic heterocycles. The summed E-state index contributed by atoms with van der Waals surface area (Å²) in [7, 11) is 0. The summed E-state index contributed by atoms with van der Waals surface area (Å²) in [5.41, 5.74) is -0.508. The van der Waals surface area contributed by atoms with Crippen LogP contribution >= 0.6 is 0 Å². The number of carbonyl (C=O) groups is 1. The lowest BCUT2D eigenvalue weighted by Gasteiger charge is -2.20. The fraction of sp³-hybridized carbons (Fsp3) is 0.250. The molecule has 9 nitrogen and oxygen atoms in total. The minimum absolute atomic E-state index is 0.185. The Labute approximate surface area is 180 Å². The lowest BCUT2D eigenvalue weighted by molar-refractivity contribution is -0.384. The van der Waals surface area contributed by atoms with Crippen LogP contribution < -0.4 is 10.6 Å². The van der Waals surface area contributed by atoms with Crippen LogP contribution in [-0.4, -0.2) is 31.6 Å². The number of anilines is 1. The van der Waals surface area contributed by atoms with Crippen LogP contribution in [0.3, 0.4) is 0 Å². The maximum Gasteiger partial charge on any atom is 0.416 e. The van der Waals surface area contributed by atoms with Gasteiger partial charge in [0.1, 0.15) is 24.4 Å². The van der Waals surface area contributed by atoms with E-state index in [1.165, 1.54) is 13.3 Å². The van der Waals surface area contributed by atoms with E-state index < -0.39 is 34.3 Å². The second-order valence-corrected chi connectivity index (χ2v) is 7.01. The molecule has 0 fully saturated rings. The Kier molecular flexibility index (Phi) is 6.42. The molecule has 0 saturated heterocycles. The SMILES string of the molecule is CC(NC(=O)[C@H](C)Nc1ccc(C(F)(F)F)cc1[N+](=O)[O-])c1ccc(-n2cncn2)cc1. The molecule has 3 aromatic rings. The van der Waals surface area contributed by atoms with Gasteiger partial charge < -0.3 is 10.6 Å². The number of halogens is 3. The van der Waals surface area contributed by atoms with E-state index in [1.54, 1.807) is 42.2 Å². The number of aromatic nitrogens is 3. The highest BCUT2D eigenvalue weighted by molar-refractivity contribution is 5.85. The molecule has 168 valence electrons. The molecule has 0 bridgehead atoms. The first-order chi connectivity index (χ1) is 15.1. The molecule has 0 saturated carbocycles. The summed E-state index contributed by atoms with van der Waals surface area (Å²) in [4.78, 5) is 26.7. The number of carbonyl (C=O) groups excluding carboxylic acids is 1. The van der Waals surface area contributed by atoms with Gasteiger partial charge in [0.2, 0.25) is 5.91 Å². The van der Waals surface area contributed by atoms with E-state index in [-0.39, 0.29) is 11.7 Å². The molecule has 0 radical (unpaired) electrons. The van der Waals surface area contributed by atoms with Crippen molar-refractivity contribution >= 4 is 17.3 Å². The molecule has 1 aromatic heterocycles. The number of benzene rings is 2. The van der Waals surface area contributed by atoms with E-state index in [1.807, 2.05) is 0 Å². The first-order valence-electron chi connectivity index (χ1n) is 9.44. The molecule has 0 aliphatic rings. The Hall–Kier alpha value is -3.96. The molecule has 32 heavy (non-hydrogen) atoms. The van der Waals surface area contributed by atoms with Crippen molar-refractivity contribution in [1.29, 1.82) is 0 Å². The van der Waals surface area contributed by atoms with Gasteiger partial charge >= 0.3 is 6.18 Å². The molecule has 2 atom stereocenters. The number of alkyl halides is 3. The molecule has 3 rings (SSSR count). The Bertz CT molecular complexity index is 1100. The lowest BCUT2D eigenvalue weighted by atomic mass is 10.1. The average Bonchev–Trinajstić information content (AvgIpc) is 3.28. The van der Waals surface area contributed by atoms with Gasteiger partial charge in [-0.25, -0.2) is 9.67 Å². The maximum atomic E-state index is 12.8. The summed E-state index contributed by atoms with van der Waals surface area (Å²) in [6.45, 7) is 3.22. The number of amides is 1. The van der Waals surface area contributed by atoms with Crippen molar-refractivity contribution < 1.29 is 22.9 Å². The molecule has 1 amide bonds. The second-order valence-electron chi connectivity index (χ2n) is 7.01. The minimum atomic E-state index is -4.72. The third-order valence-electron chi connectivity index (χ3n) is 4.72. The predicted molar refractivity (Wildman–Crippen MR) is 109 cm³/mol. The van der Waals surface area contributed by atoms with E-state index in [9.17, 15) is 28.1 Å². The molecular weight excluding hydrogens is 429 g/mol. The van der Waals surface area contributed by atoms with E-state index in [2.05, 4.69) is 20.7 Å². The molecule has 2 N–H and O–H groups in total. The number of nitrogens with one attached hydrogen (secondary N) is 2. The number of nitro benzene ring substituents is 1. The summed E-state index contributed by atoms with van der Waals surface area (Å²) < 4.78 is 40.1. The quantitative estimate of drug-likeness (QED) is 0.419. The van der Waals surface area contributed by atoms with Gasteiger partial charge in [-0.1, -0.05) is 12.1 Å². The second kappa shape index (κ2) is 9.04. The summed E-state index contributed by atoms with van der Waals surface area (Å²) in [5.74, 6) is -0.480. The van der Waals surface area contributed by atoms with Crippen molar-refractivity contribution in [3.05, 3.63) is 76.4 Å². The van der Waals surface area contributed by atoms with Crippen molar-refractivity contribution in [2.24, 2.45) is 0 Å². The van der Waals surface area contributed by atoms with Crippen LogP contribution in [0.25, 0.3) is 5.69 Å². The Morgan fingerprint density at radius 2 is 1.84 bits per heavy atom. The van der Waals surface area contributed by atoms with Crippen molar-refractivity contribution in [3.8, 4) is 5.69 Å². The molecular formula is C20H19F3N6O3. The standard InChI is InChI=1S/C20H19F3N6O3/c1-12(14-3-6-16(7-4-14)28-11-24-10-25-28)27-19(30)13(2)26-17-8-5-15(20(21,22)23)9-18(17)29(31)32/h3-13,26H,1-2H3,(H,27,30)/t12?,13-/m0/s1. The molecule has 12 heteroatoms. The zero-order valence-corrected chi connectivity index (χ0v) is 17.0. The van der Waals surface area contributed by atoms with Gasteiger partial charge in [-0.05, 0) is 43.7 Å². The van der Waals surface area contributed by atoms with Crippen LogP contribution in [0.2, 0.25) is 0 Å². The molecule has 0 aliphatic carbocycles. The zero-order valence-electron chi connectivity index (χ0n) is 17.0. The number of rotatable bonds is 7. The number of hydrogen-bond donors (Lipinski definition) is 2. The first kappa shape index (κ1) is 22.7. The summed E-state index contributed by atoms with van der Waals surface area (Å²) >= 11 is 0. The molecule has 1 heterocycles. The third kappa shape index (κ3) is 5.20. The zero-order chi connectivity index (χ0) is 23.5. The van der Waals surface area contributed by atoms with Crippen molar-refractivity contribution in [2.45, 2.75) is 32.1 Å². The highest BCUT2D eigenvalue weighted by Crippen LogP contribution is 2.35. The smallest absolute Gasteiger partial charge is 0.368 e. The van der Waals surface area contributed by atoms with E-state index in [0.29, 0.717) is 6.07 Å². The van der Waals surface area contributed by atoms with Gasteiger partial charge in [-0.3, -0.25) is 14.9 Å². The van der Waals surface area contributed by atoms with Crippen molar-refractivity contribution in [3.63, 3.8) is 0 Å². The summed E-state index contributed by atoms with van der Waals surface area (Å²) in [6.07, 6.45) is -1.76. The normalized spacial score (nSPS) is 13.3. The Balaban J connectivity index is 1.67. The number of nitrogens with zero attached hydrogens (tertiary/aromatic N) is 4. The first-order valence-corrected chi connectivity index (χ1v) is 9.44. The monoisotopic (exact) mass is 448 g/mol. The number of nitro groups is 1. The van der Waals surface area contributed by atoms with E-state index >= 15 is 0 Å². The minimum Gasteiger partial charge on any atom is -0.368 e. The van der Waals surface area contributed by atoms with E-state index in [0.717, 1.165) is 23.4 Å². The molecule has 1 unspecified atom stereocenters. The summed E-state index contributed by atoms with van der Waals surface area (Å²) in [5, 5.41) is 20.6. The predicted octanol–water partition coefficient (Wildman–Crippen LogP) is 3.87. The van der Waals surface area contributed by atoms with Crippen LogP contribution in [0.5, 0.6) is 0 Å². The van der Waals surface area contributed by atoms with Crippen LogP contribution in [-0.2, 0) is 11.0 Å². The largest absolute Gasteiger partial charge is 0.416 e. The van der Waals surface area contributed by atoms with Gasteiger partial charge in [-0.15, -0.1) is 0 Å². The molecule has 2 aromatic carbocycles. The molecule has 0 spiro atoms. The van der Waals surface area contributed by atoms with Crippen LogP contribution in [0, 0.1) is 10.1 Å². The Morgan fingerprint density at radius 1 is 1.16 bits per heavy atom. The summed E-state index contributed by atoms with van der Waals surface area (Å²) in [6, 6.07) is 7.99. The van der Waals surface area contributed by atoms with Crippen LogP contribution in [0.1, 0.15) is 31.0 Å². The average molecular weight is 448 g/mol. The third-order valence-corrected chi connectivity index (χ3v) is 4.72. The van der Waals surface area contributed by atoms with Crippen LogP contribution in [0.15, 0.2) is 55.1 Å². The fourth-order valence-electron chi connectivity index (χ4n) is 2.96. The van der Waals surface area contributed by atoms with Crippen molar-refractivity contribution in [1.82, 2.24) is 20.1 Å². The van der Waals surface area contributed by atoms with Gasteiger partial charge in [-0.2, -0.15) is 18.3 Å². The lowest BCUT2D eigenvalue weighted by Crippen LogP contribution is -2.39. The van der Waals surface area contributed by atoms with Gasteiger partial charge in [0, 0.05) is 6.07 Å². The topological polar surface area (TPSA) is 115 Å². The van der Waals surface area contributed by atoms with Crippen LogP contribution in [0.4, 0.5) is 24.5 Å². The van der Waals surface area contributed by atoms with Gasteiger partial charge in [0.15, 0.2) is 0 Å². The van der Waals surface area contributed by atoms with E-state index in [4.69, 9.17) is 0 Å². The highest BCUT2D eigenvalue weighted by atomic mass is 19.4. The van der Waals surface area contributed by atoms with Crippen molar-refractivity contribution in [2.75, 3.05) is 5.32 Å². The highest BCUT2D eigenvalue weighted by Gasteiger charge is 2.33. The Morgan fingerprint density at radius 3 is 2.41 bits per heavy atom.